The summed E-state index contributed by atoms with van der Waals surface area (Å²) in [5.74, 6) is 0.991. The van der Waals surface area contributed by atoms with Crippen LogP contribution in [0.5, 0.6) is 0 Å². The van der Waals surface area contributed by atoms with E-state index in [4.69, 9.17) is 0 Å². The highest BCUT2D eigenvalue weighted by Crippen LogP contribution is 2.37. The molecule has 1 spiro atoms. The first-order chi connectivity index (χ1) is 8.98. The van der Waals surface area contributed by atoms with Crippen LogP contribution in [0.15, 0.2) is 0 Å². The molecular weight excluding hydrogens is 256 g/mol. The molecule has 110 valence electrons. The molecule has 2 unspecified atom stereocenters. The smallest absolute Gasteiger partial charge is 0.244 e. The number of thioether (sulfide) groups is 1. The molecule has 1 saturated carbocycles. The molecule has 2 atom stereocenters. The molecule has 1 amide bonds. The molecular formula is C15H28N2OS. The maximum atomic E-state index is 12.8. The van der Waals surface area contributed by atoms with Gasteiger partial charge in [0.05, 0.1) is 11.7 Å². The van der Waals surface area contributed by atoms with Crippen molar-refractivity contribution in [3.05, 3.63) is 0 Å². The van der Waals surface area contributed by atoms with Gasteiger partial charge in [-0.3, -0.25) is 10.1 Å². The normalized spacial score (nSPS) is 27.7. The molecule has 0 aromatic carbocycles. The zero-order valence-corrected chi connectivity index (χ0v) is 13.6. The lowest BCUT2D eigenvalue weighted by molar-refractivity contribution is -0.133. The van der Waals surface area contributed by atoms with Crippen LogP contribution in [0.4, 0.5) is 0 Å². The number of carbonyl (C=O) groups excluding carboxylic acids is 1. The molecule has 2 rings (SSSR count). The molecule has 1 saturated heterocycles. The van der Waals surface area contributed by atoms with Gasteiger partial charge in [0.25, 0.3) is 0 Å². The van der Waals surface area contributed by atoms with Crippen molar-refractivity contribution in [3.63, 3.8) is 0 Å². The molecule has 2 aliphatic rings. The molecule has 0 bridgehead atoms. The average Bonchev–Trinajstić information content (AvgIpc) is 2.91. The zero-order valence-electron chi connectivity index (χ0n) is 12.7. The van der Waals surface area contributed by atoms with E-state index in [-0.39, 0.29) is 11.7 Å². The summed E-state index contributed by atoms with van der Waals surface area (Å²) in [5.41, 5.74) is -0.211. The minimum Gasteiger partial charge on any atom is -0.324 e. The summed E-state index contributed by atoms with van der Waals surface area (Å²) < 4.78 is 0. The predicted molar refractivity (Wildman–Crippen MR) is 82.3 cm³/mol. The van der Waals surface area contributed by atoms with Gasteiger partial charge in [-0.2, -0.15) is 11.8 Å². The van der Waals surface area contributed by atoms with Gasteiger partial charge in [-0.1, -0.05) is 33.6 Å². The third-order valence-corrected chi connectivity index (χ3v) is 5.45. The van der Waals surface area contributed by atoms with Gasteiger partial charge < -0.3 is 4.90 Å². The molecule has 1 aliphatic carbocycles. The molecule has 0 aromatic rings. The highest BCUT2D eigenvalue weighted by atomic mass is 32.2. The number of amides is 1. The lowest BCUT2D eigenvalue weighted by Crippen LogP contribution is -2.45. The summed E-state index contributed by atoms with van der Waals surface area (Å²) in [6, 6.07) is 0. The number of carbonyl (C=O) groups is 1. The van der Waals surface area contributed by atoms with Gasteiger partial charge in [0.15, 0.2) is 0 Å². The van der Waals surface area contributed by atoms with Crippen LogP contribution >= 0.6 is 11.8 Å². The lowest BCUT2D eigenvalue weighted by Gasteiger charge is -2.27. The second-order valence-electron chi connectivity index (χ2n) is 6.58. The van der Waals surface area contributed by atoms with E-state index in [0.29, 0.717) is 17.1 Å². The van der Waals surface area contributed by atoms with Crippen molar-refractivity contribution >= 4 is 17.7 Å². The first-order valence-electron chi connectivity index (χ1n) is 7.60. The van der Waals surface area contributed by atoms with Crippen molar-refractivity contribution in [3.8, 4) is 0 Å². The molecule has 19 heavy (non-hydrogen) atoms. The van der Waals surface area contributed by atoms with E-state index in [1.54, 1.807) is 0 Å². The molecule has 0 radical (unpaired) electrons. The highest BCUT2D eigenvalue weighted by Gasteiger charge is 2.52. The molecule has 1 heterocycles. The fourth-order valence-corrected chi connectivity index (χ4v) is 3.72. The van der Waals surface area contributed by atoms with Crippen LogP contribution in [0.2, 0.25) is 0 Å². The second-order valence-corrected chi connectivity index (χ2v) is 7.86. The third-order valence-electron chi connectivity index (χ3n) is 4.50. The zero-order chi connectivity index (χ0) is 14.0. The van der Waals surface area contributed by atoms with Crippen molar-refractivity contribution in [1.82, 2.24) is 10.2 Å². The van der Waals surface area contributed by atoms with Crippen LogP contribution in [0.1, 0.15) is 52.9 Å². The van der Waals surface area contributed by atoms with Crippen LogP contribution in [0, 0.1) is 5.92 Å². The van der Waals surface area contributed by atoms with Gasteiger partial charge in [0.1, 0.15) is 0 Å². The maximum absolute atomic E-state index is 12.8. The lowest BCUT2D eigenvalue weighted by atomic mass is 9.98. The van der Waals surface area contributed by atoms with E-state index < -0.39 is 0 Å². The fraction of sp³-hybridized carbons (Fsp3) is 0.933. The quantitative estimate of drug-likeness (QED) is 0.842. The van der Waals surface area contributed by atoms with E-state index in [1.165, 1.54) is 12.8 Å². The van der Waals surface area contributed by atoms with Crippen molar-refractivity contribution in [1.29, 1.82) is 0 Å². The van der Waals surface area contributed by atoms with Gasteiger partial charge in [0.2, 0.25) is 5.91 Å². The largest absolute Gasteiger partial charge is 0.324 e. The van der Waals surface area contributed by atoms with E-state index in [1.807, 2.05) is 11.8 Å². The Bertz CT molecular complexity index is 326. The Balaban J connectivity index is 2.13. The third kappa shape index (κ3) is 3.10. The Labute approximate surface area is 121 Å². The molecule has 4 heteroatoms. The van der Waals surface area contributed by atoms with Crippen molar-refractivity contribution in [2.45, 2.75) is 69.8 Å². The number of rotatable bonds is 5. The summed E-state index contributed by atoms with van der Waals surface area (Å²) in [5, 5.41) is 4.21. The fourth-order valence-electron chi connectivity index (χ4n) is 3.41. The summed E-state index contributed by atoms with van der Waals surface area (Å²) >= 11 is 1.84. The Morgan fingerprint density at radius 3 is 2.53 bits per heavy atom. The minimum absolute atomic E-state index is 0.211. The van der Waals surface area contributed by atoms with Gasteiger partial charge in [-0.05, 0) is 31.4 Å². The molecule has 1 aliphatic heterocycles. The number of hydrogen-bond acceptors (Lipinski definition) is 3. The van der Waals surface area contributed by atoms with Crippen LogP contribution in [0.3, 0.4) is 0 Å². The van der Waals surface area contributed by atoms with E-state index >= 15 is 0 Å². The number of nitrogens with one attached hydrogen (secondary N) is 1. The number of nitrogens with zero attached hydrogens (tertiary/aromatic N) is 1. The average molecular weight is 284 g/mol. The van der Waals surface area contributed by atoms with Gasteiger partial charge >= 0.3 is 0 Å². The Morgan fingerprint density at radius 2 is 2.00 bits per heavy atom. The van der Waals surface area contributed by atoms with Crippen LogP contribution < -0.4 is 5.32 Å². The monoisotopic (exact) mass is 284 g/mol. The van der Waals surface area contributed by atoms with Gasteiger partial charge in [-0.15, -0.1) is 0 Å². The van der Waals surface area contributed by atoms with Crippen LogP contribution in [-0.4, -0.2) is 40.6 Å². The Morgan fingerprint density at radius 1 is 1.37 bits per heavy atom. The summed E-state index contributed by atoms with van der Waals surface area (Å²) in [6.45, 7) is 7.57. The highest BCUT2D eigenvalue weighted by molar-refractivity contribution is 7.99. The first kappa shape index (κ1) is 15.2. The second kappa shape index (κ2) is 6.04. The van der Waals surface area contributed by atoms with Crippen LogP contribution in [-0.2, 0) is 4.79 Å². The van der Waals surface area contributed by atoms with Crippen LogP contribution in [0.25, 0.3) is 0 Å². The first-order valence-corrected chi connectivity index (χ1v) is 8.89. The number of hydrogen-bond donors (Lipinski definition) is 1. The topological polar surface area (TPSA) is 32.3 Å². The minimum atomic E-state index is -0.211. The van der Waals surface area contributed by atoms with E-state index in [0.717, 1.165) is 25.8 Å². The maximum Gasteiger partial charge on any atom is 0.244 e. The molecule has 0 aromatic heterocycles. The molecule has 1 N–H and O–H groups in total. The molecule has 3 nitrogen and oxygen atoms in total. The van der Waals surface area contributed by atoms with Crippen molar-refractivity contribution in [2.24, 2.45) is 5.92 Å². The Kier molecular flexibility index (Phi) is 4.83. The van der Waals surface area contributed by atoms with Crippen molar-refractivity contribution in [2.75, 3.05) is 12.8 Å². The van der Waals surface area contributed by atoms with Gasteiger partial charge in [-0.25, -0.2) is 0 Å². The van der Waals surface area contributed by atoms with E-state index in [9.17, 15) is 4.79 Å². The van der Waals surface area contributed by atoms with E-state index in [2.05, 4.69) is 37.2 Å². The standard InChI is InChI=1S/C15H28N2OS/c1-11(2)9-13-16-15(7-5-6-8-15)14(18)17(13)10-12(3)19-4/h11-13,16H,5-10H2,1-4H3. The SMILES string of the molecule is CSC(C)CN1C(=O)C2(CCCC2)NC1CC(C)C. The summed E-state index contributed by atoms with van der Waals surface area (Å²) in [6.07, 6.45) is 7.89. The summed E-state index contributed by atoms with van der Waals surface area (Å²) in [4.78, 5) is 15.0. The predicted octanol–water partition coefficient (Wildman–Crippen LogP) is 2.85. The van der Waals surface area contributed by atoms with Crippen molar-refractivity contribution < 1.29 is 4.79 Å². The molecule has 2 fully saturated rings. The van der Waals surface area contributed by atoms with Gasteiger partial charge in [0, 0.05) is 11.8 Å². The summed E-state index contributed by atoms with van der Waals surface area (Å²) in [7, 11) is 0. The Hall–Kier alpha value is -0.220.